The lowest BCUT2D eigenvalue weighted by Gasteiger charge is -2.62. The molecule has 2 aromatic rings. The van der Waals surface area contributed by atoms with E-state index in [4.69, 9.17) is 18.9 Å². The number of aliphatic carboxylic acids is 1. The zero-order valence-corrected chi connectivity index (χ0v) is 29.1. The van der Waals surface area contributed by atoms with E-state index in [1.165, 1.54) is 20.1 Å². The van der Waals surface area contributed by atoms with Crippen molar-refractivity contribution < 1.29 is 43.5 Å². The molecule has 4 bridgehead atoms. The normalized spacial score (nSPS) is 32.0. The Bertz CT molecular complexity index is 1880. The average molecular weight is 657 g/mol. The van der Waals surface area contributed by atoms with Gasteiger partial charge in [-0.05, 0) is 53.5 Å². The fraction of sp³-hybridized carbons (Fsp3) is 0.513. The monoisotopic (exact) mass is 656 g/mol. The van der Waals surface area contributed by atoms with E-state index in [9.17, 15) is 19.8 Å². The van der Waals surface area contributed by atoms with Crippen LogP contribution in [0.25, 0.3) is 11.1 Å². The molecule has 6 atom stereocenters. The van der Waals surface area contributed by atoms with Crippen LogP contribution in [-0.4, -0.2) is 57.8 Å². The van der Waals surface area contributed by atoms with Gasteiger partial charge in [0.2, 0.25) is 0 Å². The SMILES string of the molecule is C=CC(C)(C)c1c2c(c(O)c3c1OC(C)(C)c1ccc(C)cc1-3)C(=O)[C@H]1[C@H](OC)[C@H]3C[C@@H]4C(C)(C)O[C@](C/C=C(\C)C(=O)O)(C3=O)[C@@]41O2. The number of allylic oxidation sites excluding steroid dienone is 1. The molecule has 2 aromatic carbocycles. The summed E-state index contributed by atoms with van der Waals surface area (Å²) in [5.41, 5.74) is -2.26. The van der Waals surface area contributed by atoms with Crippen molar-refractivity contribution in [1.29, 1.82) is 0 Å². The maximum absolute atomic E-state index is 15.3. The number of rotatable bonds is 6. The summed E-state index contributed by atoms with van der Waals surface area (Å²) in [6.07, 6.45) is 2.65. The van der Waals surface area contributed by atoms with Crippen molar-refractivity contribution in [2.45, 2.75) is 102 Å². The number of benzene rings is 2. The van der Waals surface area contributed by atoms with Gasteiger partial charge in [0.05, 0.1) is 23.2 Å². The first-order valence-corrected chi connectivity index (χ1v) is 16.6. The lowest BCUT2D eigenvalue weighted by molar-refractivity contribution is -0.224. The zero-order chi connectivity index (χ0) is 35.1. The molecule has 2 N–H and O–H groups in total. The number of aromatic hydroxyl groups is 1. The van der Waals surface area contributed by atoms with Gasteiger partial charge >= 0.3 is 5.97 Å². The number of ketones is 2. The van der Waals surface area contributed by atoms with Crippen LogP contribution in [0.3, 0.4) is 0 Å². The lowest BCUT2D eigenvalue weighted by atomic mass is 9.45. The molecule has 3 heterocycles. The molecule has 9 heteroatoms. The van der Waals surface area contributed by atoms with Crippen molar-refractivity contribution in [2.75, 3.05) is 7.11 Å². The quantitative estimate of drug-likeness (QED) is 0.261. The third-order valence-corrected chi connectivity index (χ3v) is 11.9. The minimum absolute atomic E-state index is 0.0109. The second-order valence-corrected chi connectivity index (χ2v) is 15.8. The van der Waals surface area contributed by atoms with Crippen LogP contribution in [0.2, 0.25) is 0 Å². The van der Waals surface area contributed by atoms with Gasteiger partial charge in [0.15, 0.2) is 22.8 Å². The maximum atomic E-state index is 15.3. The number of hydrogen-bond donors (Lipinski definition) is 2. The summed E-state index contributed by atoms with van der Waals surface area (Å²) in [4.78, 5) is 42.0. The molecule has 9 nitrogen and oxygen atoms in total. The van der Waals surface area contributed by atoms with Crippen molar-refractivity contribution in [3.05, 3.63) is 64.8 Å². The Morgan fingerprint density at radius 1 is 1.12 bits per heavy atom. The Hall–Kier alpha value is -3.95. The summed E-state index contributed by atoms with van der Waals surface area (Å²) in [6.45, 7) is 19.1. The third kappa shape index (κ3) is 3.77. The number of hydrogen-bond acceptors (Lipinski definition) is 8. The predicted molar refractivity (Wildman–Crippen MR) is 178 cm³/mol. The summed E-state index contributed by atoms with van der Waals surface area (Å²) < 4.78 is 27.0. The molecule has 3 aliphatic heterocycles. The Morgan fingerprint density at radius 2 is 1.79 bits per heavy atom. The molecule has 48 heavy (non-hydrogen) atoms. The van der Waals surface area contributed by atoms with Crippen LogP contribution in [0.5, 0.6) is 17.2 Å². The van der Waals surface area contributed by atoms with Gasteiger partial charge in [-0.1, -0.05) is 49.8 Å². The number of methoxy groups -OCH3 is 1. The molecule has 0 unspecified atom stereocenters. The van der Waals surface area contributed by atoms with E-state index in [-0.39, 0.29) is 34.8 Å². The van der Waals surface area contributed by atoms with Crippen molar-refractivity contribution >= 4 is 17.5 Å². The smallest absolute Gasteiger partial charge is 0.330 e. The maximum Gasteiger partial charge on any atom is 0.330 e. The summed E-state index contributed by atoms with van der Waals surface area (Å²) in [5.74, 6) is -3.72. The van der Waals surface area contributed by atoms with Gasteiger partial charge in [0.1, 0.15) is 28.4 Å². The summed E-state index contributed by atoms with van der Waals surface area (Å²) in [5, 5.41) is 22.1. The number of carboxylic acid groups (broad SMARTS) is 1. The van der Waals surface area contributed by atoms with Gasteiger partial charge in [0.25, 0.3) is 0 Å². The first-order valence-electron chi connectivity index (χ1n) is 16.6. The number of Topliss-reactive ketones (excluding diaryl/α,β-unsaturated/α-hetero) is 2. The van der Waals surface area contributed by atoms with Crippen LogP contribution in [0, 0.1) is 24.7 Å². The van der Waals surface area contributed by atoms with Crippen LogP contribution in [0.15, 0.2) is 42.5 Å². The molecular weight excluding hydrogens is 612 g/mol. The number of phenols is 1. The molecule has 1 spiro atoms. The minimum Gasteiger partial charge on any atom is -0.506 e. The molecular formula is C39H44O9. The van der Waals surface area contributed by atoms with Gasteiger partial charge in [-0.25, -0.2) is 4.79 Å². The summed E-state index contributed by atoms with van der Waals surface area (Å²) >= 11 is 0. The van der Waals surface area contributed by atoms with E-state index in [0.29, 0.717) is 23.3 Å². The largest absolute Gasteiger partial charge is 0.506 e. The van der Waals surface area contributed by atoms with Gasteiger partial charge in [0, 0.05) is 47.5 Å². The molecule has 3 aliphatic carbocycles. The van der Waals surface area contributed by atoms with E-state index in [2.05, 4.69) is 6.58 Å². The molecule has 0 amide bonds. The van der Waals surface area contributed by atoms with Crippen LogP contribution in [0.4, 0.5) is 0 Å². The summed E-state index contributed by atoms with van der Waals surface area (Å²) in [6, 6.07) is 5.97. The minimum atomic E-state index is -1.70. The van der Waals surface area contributed by atoms with Crippen molar-refractivity contribution in [3.8, 4) is 28.4 Å². The molecule has 0 aromatic heterocycles. The fourth-order valence-corrected chi connectivity index (χ4v) is 9.62. The topological polar surface area (TPSA) is 129 Å². The number of phenolic OH excluding ortho intramolecular Hbond substituents is 1. The average Bonchev–Trinajstić information content (AvgIpc) is 3.14. The Kier molecular flexibility index (Phi) is 6.67. The highest BCUT2D eigenvalue weighted by Gasteiger charge is 2.85. The van der Waals surface area contributed by atoms with E-state index in [1.54, 1.807) is 6.08 Å². The number of ether oxygens (including phenoxy) is 4. The highest BCUT2D eigenvalue weighted by Crippen LogP contribution is 2.71. The molecule has 3 saturated carbocycles. The standard InChI is InChI=1S/C39H44O9/c1-11-35(4,5)27-31-24(20-16-18(2)12-13-22(20)36(6,7)46-31)28(40)25-29(41)26-30(45-10)21-17-23-37(8,9)48-38(33(21)42,15-14-19(3)34(43)44)39(23,26)47-32(25)27/h11-14,16,21,23,26,30,40H,1,15,17H2,2-10H3,(H,43,44)/b19-14+/t21-,23-,26+,30-,38-,39-/m1/s1. The van der Waals surface area contributed by atoms with Crippen LogP contribution in [-0.2, 0) is 30.1 Å². The van der Waals surface area contributed by atoms with Gasteiger partial charge in [-0.3, -0.25) is 9.59 Å². The molecule has 6 aliphatic rings. The Balaban J connectivity index is 1.60. The van der Waals surface area contributed by atoms with Crippen molar-refractivity contribution in [3.63, 3.8) is 0 Å². The third-order valence-electron chi connectivity index (χ3n) is 11.9. The van der Waals surface area contributed by atoms with Gasteiger partial charge in [-0.15, -0.1) is 6.58 Å². The second kappa shape index (κ2) is 9.82. The van der Waals surface area contributed by atoms with E-state index in [0.717, 1.165) is 16.7 Å². The second-order valence-electron chi connectivity index (χ2n) is 15.8. The highest BCUT2D eigenvalue weighted by molar-refractivity contribution is 6.11. The van der Waals surface area contributed by atoms with Gasteiger partial charge in [-0.2, -0.15) is 0 Å². The molecule has 4 fully saturated rings. The van der Waals surface area contributed by atoms with Crippen LogP contribution >= 0.6 is 0 Å². The van der Waals surface area contributed by atoms with Gasteiger partial charge < -0.3 is 29.2 Å². The molecule has 254 valence electrons. The fourth-order valence-electron chi connectivity index (χ4n) is 9.62. The van der Waals surface area contributed by atoms with Crippen molar-refractivity contribution in [2.24, 2.45) is 17.8 Å². The van der Waals surface area contributed by atoms with E-state index in [1.807, 2.05) is 66.7 Å². The first kappa shape index (κ1) is 32.6. The Labute approximate surface area is 280 Å². The molecule has 0 radical (unpaired) electrons. The Morgan fingerprint density at radius 3 is 2.42 bits per heavy atom. The van der Waals surface area contributed by atoms with E-state index < -0.39 is 63.4 Å². The lowest BCUT2D eigenvalue weighted by Crippen LogP contribution is -2.80. The van der Waals surface area contributed by atoms with Crippen molar-refractivity contribution in [1.82, 2.24) is 0 Å². The zero-order valence-electron chi connectivity index (χ0n) is 29.1. The molecule has 8 rings (SSSR count). The van der Waals surface area contributed by atoms with Crippen LogP contribution < -0.4 is 9.47 Å². The highest BCUT2D eigenvalue weighted by atomic mass is 16.6. The predicted octanol–water partition coefficient (Wildman–Crippen LogP) is 6.59. The van der Waals surface area contributed by atoms with E-state index >= 15 is 4.79 Å². The number of carboxylic acids is 1. The van der Waals surface area contributed by atoms with Crippen LogP contribution in [0.1, 0.15) is 88.4 Å². The number of carbonyl (C=O) groups excluding carboxylic acids is 2. The number of aryl methyl sites for hydroxylation is 1. The number of fused-ring (bicyclic) bond motifs is 4. The summed E-state index contributed by atoms with van der Waals surface area (Å²) in [7, 11) is 1.48. The molecule has 1 saturated heterocycles. The first-order chi connectivity index (χ1) is 22.3. The number of carbonyl (C=O) groups is 3.